The maximum atomic E-state index is 13.7. The van der Waals surface area contributed by atoms with Crippen LogP contribution in [0.25, 0.3) is 11.1 Å². The van der Waals surface area contributed by atoms with Gasteiger partial charge in [0, 0.05) is 30.6 Å². The molecule has 0 atom stereocenters. The molecule has 1 fully saturated rings. The number of hydrogen-bond donors (Lipinski definition) is 3. The first-order valence-electron chi connectivity index (χ1n) is 13.3. The van der Waals surface area contributed by atoms with Crippen molar-refractivity contribution in [3.63, 3.8) is 0 Å². The number of aliphatic carboxylic acids is 1. The highest BCUT2D eigenvalue weighted by molar-refractivity contribution is 5.96. The number of amides is 2. The zero-order valence-electron chi connectivity index (χ0n) is 21.8. The number of carbonyl (C=O) groups excluding carboxylic acids is 2. The van der Waals surface area contributed by atoms with E-state index in [1.54, 1.807) is 30.3 Å². The summed E-state index contributed by atoms with van der Waals surface area (Å²) in [5.74, 6) is -1.19. The lowest BCUT2D eigenvalue weighted by Gasteiger charge is -2.28. The van der Waals surface area contributed by atoms with E-state index in [2.05, 4.69) is 10.6 Å². The Balaban J connectivity index is 1.27. The van der Waals surface area contributed by atoms with Crippen molar-refractivity contribution in [1.82, 2.24) is 5.32 Å². The predicted octanol–water partition coefficient (Wildman–Crippen LogP) is 6.88. The molecule has 1 aliphatic carbocycles. The van der Waals surface area contributed by atoms with Crippen LogP contribution in [0.5, 0.6) is 0 Å². The van der Waals surface area contributed by atoms with Crippen LogP contribution >= 0.6 is 0 Å². The molecule has 0 heterocycles. The fourth-order valence-electron chi connectivity index (χ4n) is 5.19. The number of halogens is 3. The molecule has 0 aromatic heterocycles. The molecule has 1 aliphatic rings. The van der Waals surface area contributed by atoms with Crippen molar-refractivity contribution in [2.75, 3.05) is 11.9 Å². The second-order valence-corrected chi connectivity index (χ2v) is 10.1. The first kappa shape index (κ1) is 28.9. The van der Waals surface area contributed by atoms with E-state index >= 15 is 0 Å². The molecule has 0 saturated heterocycles. The number of hydrogen-bond acceptors (Lipinski definition) is 3. The Morgan fingerprint density at radius 3 is 2.17 bits per heavy atom. The number of benzene rings is 3. The maximum absolute atomic E-state index is 13.7. The Morgan fingerprint density at radius 1 is 0.875 bits per heavy atom. The summed E-state index contributed by atoms with van der Waals surface area (Å²) in [4.78, 5) is 35.8. The molecule has 4 rings (SSSR count). The summed E-state index contributed by atoms with van der Waals surface area (Å²) < 4.78 is 41.2. The summed E-state index contributed by atoms with van der Waals surface area (Å²) in [6.07, 6.45) is -0.837. The largest absolute Gasteiger partial charge is 0.481 e. The Labute approximate surface area is 230 Å². The third kappa shape index (κ3) is 7.71. The molecule has 3 aromatic rings. The highest BCUT2D eigenvalue weighted by atomic mass is 19.4. The zero-order chi connectivity index (χ0) is 28.7. The van der Waals surface area contributed by atoms with Crippen LogP contribution in [0.15, 0.2) is 72.8 Å². The highest BCUT2D eigenvalue weighted by Crippen LogP contribution is 2.38. The molecule has 0 aliphatic heterocycles. The normalized spacial score (nSPS) is 17.2. The van der Waals surface area contributed by atoms with Gasteiger partial charge in [0.15, 0.2) is 0 Å². The molecule has 0 unspecified atom stereocenters. The van der Waals surface area contributed by atoms with Gasteiger partial charge in [0.2, 0.25) is 5.91 Å². The van der Waals surface area contributed by atoms with Gasteiger partial charge in [0.1, 0.15) is 0 Å². The lowest BCUT2D eigenvalue weighted by Crippen LogP contribution is -2.28. The van der Waals surface area contributed by atoms with Crippen LogP contribution in [0.4, 0.5) is 18.9 Å². The van der Waals surface area contributed by atoms with Crippen LogP contribution in [0.1, 0.15) is 65.9 Å². The lowest BCUT2D eigenvalue weighted by molar-refractivity contribution is -0.138. The van der Waals surface area contributed by atoms with E-state index in [0.717, 1.165) is 37.3 Å². The number of carboxylic acid groups (broad SMARTS) is 1. The number of carbonyl (C=O) groups is 3. The third-order valence-electron chi connectivity index (χ3n) is 7.29. The Bertz CT molecular complexity index is 1330. The summed E-state index contributed by atoms with van der Waals surface area (Å²) in [6, 6.07) is 19.1. The van der Waals surface area contributed by atoms with E-state index in [4.69, 9.17) is 5.11 Å². The molecule has 9 heteroatoms. The van der Waals surface area contributed by atoms with Crippen LogP contribution in [0, 0.1) is 5.92 Å². The SMILES string of the molecule is O=C(O)CC1CCC(c2ccc(NC(=O)CCNC(=O)c3ccc(-c4ccccc4)c(C(F)(F)F)c3)cc2)CC1. The van der Waals surface area contributed by atoms with Crippen LogP contribution in [-0.2, 0) is 15.8 Å². The molecule has 3 N–H and O–H groups in total. The Morgan fingerprint density at radius 2 is 1.55 bits per heavy atom. The monoisotopic (exact) mass is 552 g/mol. The number of nitrogens with one attached hydrogen (secondary N) is 2. The van der Waals surface area contributed by atoms with Crippen molar-refractivity contribution < 1.29 is 32.7 Å². The minimum absolute atomic E-state index is 0.0130. The van der Waals surface area contributed by atoms with Gasteiger partial charge in [-0.2, -0.15) is 13.2 Å². The van der Waals surface area contributed by atoms with Crippen LogP contribution in [0.2, 0.25) is 0 Å². The van der Waals surface area contributed by atoms with E-state index in [0.29, 0.717) is 17.2 Å². The van der Waals surface area contributed by atoms with Crippen LogP contribution in [0.3, 0.4) is 0 Å². The van der Waals surface area contributed by atoms with Gasteiger partial charge in [0.05, 0.1) is 5.56 Å². The quantitative estimate of drug-likeness (QED) is 0.270. The summed E-state index contributed by atoms with van der Waals surface area (Å²) in [7, 11) is 0. The Hall–Kier alpha value is -4.14. The molecule has 0 radical (unpaired) electrons. The van der Waals surface area contributed by atoms with E-state index in [1.807, 2.05) is 24.3 Å². The topological polar surface area (TPSA) is 95.5 Å². The molecule has 0 spiro atoms. The first-order chi connectivity index (χ1) is 19.1. The standard InChI is InChI=1S/C31H31F3N2O4/c32-31(33,34)27-19-24(12-15-26(27)23-4-2-1-3-5-23)30(40)35-17-16-28(37)36-25-13-10-22(11-14-25)21-8-6-20(7-9-21)18-29(38)39/h1-5,10-15,19-21H,6-9,16-18H2,(H,35,40)(H,36,37)(H,38,39). The van der Waals surface area contributed by atoms with Gasteiger partial charge >= 0.3 is 12.1 Å². The lowest BCUT2D eigenvalue weighted by atomic mass is 9.77. The van der Waals surface area contributed by atoms with Gasteiger partial charge in [0.25, 0.3) is 5.91 Å². The molecular formula is C31H31F3N2O4. The minimum atomic E-state index is -4.64. The van der Waals surface area contributed by atoms with Crippen molar-refractivity contribution >= 4 is 23.5 Å². The van der Waals surface area contributed by atoms with E-state index < -0.39 is 23.6 Å². The number of carboxylic acids is 1. The smallest absolute Gasteiger partial charge is 0.417 e. The number of anilines is 1. The van der Waals surface area contributed by atoms with Crippen molar-refractivity contribution in [3.05, 3.63) is 89.5 Å². The van der Waals surface area contributed by atoms with Gasteiger partial charge in [-0.25, -0.2) is 0 Å². The average Bonchev–Trinajstić information content (AvgIpc) is 2.93. The van der Waals surface area contributed by atoms with Gasteiger partial charge in [-0.3, -0.25) is 14.4 Å². The highest BCUT2D eigenvalue weighted by Gasteiger charge is 2.34. The summed E-state index contributed by atoms with van der Waals surface area (Å²) in [6.45, 7) is -0.0376. The number of alkyl halides is 3. The predicted molar refractivity (Wildman–Crippen MR) is 146 cm³/mol. The molecule has 40 heavy (non-hydrogen) atoms. The van der Waals surface area contributed by atoms with Crippen molar-refractivity contribution in [3.8, 4) is 11.1 Å². The zero-order valence-corrected chi connectivity index (χ0v) is 21.8. The van der Waals surface area contributed by atoms with Crippen molar-refractivity contribution in [1.29, 1.82) is 0 Å². The molecule has 3 aromatic carbocycles. The van der Waals surface area contributed by atoms with Crippen LogP contribution in [-0.4, -0.2) is 29.4 Å². The van der Waals surface area contributed by atoms with Gasteiger partial charge in [-0.15, -0.1) is 0 Å². The van der Waals surface area contributed by atoms with Gasteiger partial charge < -0.3 is 15.7 Å². The second-order valence-electron chi connectivity index (χ2n) is 10.1. The molecule has 2 amide bonds. The fraction of sp³-hybridized carbons (Fsp3) is 0.323. The molecule has 210 valence electrons. The van der Waals surface area contributed by atoms with Crippen LogP contribution < -0.4 is 10.6 Å². The van der Waals surface area contributed by atoms with E-state index in [1.165, 1.54) is 12.1 Å². The third-order valence-corrected chi connectivity index (χ3v) is 7.29. The summed E-state index contributed by atoms with van der Waals surface area (Å²) in [5, 5.41) is 14.3. The van der Waals surface area contributed by atoms with E-state index in [-0.39, 0.29) is 42.3 Å². The van der Waals surface area contributed by atoms with Crippen molar-refractivity contribution in [2.24, 2.45) is 5.92 Å². The Kier molecular flexibility index (Phi) is 9.24. The summed E-state index contributed by atoms with van der Waals surface area (Å²) in [5.41, 5.74) is 1.10. The van der Waals surface area contributed by atoms with Crippen molar-refractivity contribution in [2.45, 2.75) is 50.6 Å². The van der Waals surface area contributed by atoms with Gasteiger partial charge in [-0.05, 0) is 78.5 Å². The first-order valence-corrected chi connectivity index (χ1v) is 13.3. The average molecular weight is 553 g/mol. The molecular weight excluding hydrogens is 521 g/mol. The van der Waals surface area contributed by atoms with Gasteiger partial charge in [-0.1, -0.05) is 48.5 Å². The minimum Gasteiger partial charge on any atom is -0.481 e. The molecule has 0 bridgehead atoms. The maximum Gasteiger partial charge on any atom is 0.417 e. The second kappa shape index (κ2) is 12.8. The number of rotatable bonds is 9. The summed E-state index contributed by atoms with van der Waals surface area (Å²) >= 11 is 0. The fourth-order valence-corrected chi connectivity index (χ4v) is 5.19. The molecule has 1 saturated carbocycles. The van der Waals surface area contributed by atoms with E-state index in [9.17, 15) is 27.6 Å². The molecule has 6 nitrogen and oxygen atoms in total.